The van der Waals surface area contributed by atoms with Crippen LogP contribution in [-0.2, 0) is 22.6 Å². The van der Waals surface area contributed by atoms with Crippen LogP contribution in [0.3, 0.4) is 0 Å². The smallest absolute Gasteiger partial charge is 0.335 e. The van der Waals surface area contributed by atoms with Crippen molar-refractivity contribution in [3.8, 4) is 0 Å². The predicted octanol–water partition coefficient (Wildman–Crippen LogP) is 2.54. The number of benzene rings is 2. The molecule has 0 aliphatic carbocycles. The molecular weight excluding hydrogens is 344 g/mol. The minimum absolute atomic E-state index is 0.0449. The van der Waals surface area contributed by atoms with E-state index in [1.54, 1.807) is 23.1 Å². The van der Waals surface area contributed by atoms with Gasteiger partial charge >= 0.3 is 5.97 Å². The largest absolute Gasteiger partial charge is 0.478 e. The van der Waals surface area contributed by atoms with Crippen molar-refractivity contribution in [2.24, 2.45) is 0 Å². The van der Waals surface area contributed by atoms with Gasteiger partial charge in [-0.2, -0.15) is 0 Å². The zero-order chi connectivity index (χ0) is 19.4. The number of nitrogens with one attached hydrogen (secondary N) is 1. The van der Waals surface area contributed by atoms with E-state index >= 15 is 0 Å². The Bertz CT molecular complexity index is 878. The molecule has 0 aromatic heterocycles. The molecule has 27 heavy (non-hydrogen) atoms. The Morgan fingerprint density at radius 2 is 1.93 bits per heavy atom. The van der Waals surface area contributed by atoms with E-state index in [9.17, 15) is 14.4 Å². The summed E-state index contributed by atoms with van der Waals surface area (Å²) >= 11 is 0. The van der Waals surface area contributed by atoms with Crippen LogP contribution in [0.1, 0.15) is 46.4 Å². The maximum Gasteiger partial charge on any atom is 0.335 e. The van der Waals surface area contributed by atoms with Crippen molar-refractivity contribution in [2.45, 2.75) is 32.4 Å². The van der Waals surface area contributed by atoms with Gasteiger partial charge in [0.2, 0.25) is 11.8 Å². The summed E-state index contributed by atoms with van der Waals surface area (Å²) < 4.78 is 0. The normalized spacial score (nSPS) is 15.7. The lowest BCUT2D eigenvalue weighted by Gasteiger charge is -2.36. The lowest BCUT2D eigenvalue weighted by Crippen LogP contribution is -2.41. The molecule has 0 bridgehead atoms. The van der Waals surface area contributed by atoms with E-state index in [1.807, 2.05) is 24.3 Å². The molecule has 2 aromatic carbocycles. The van der Waals surface area contributed by atoms with Crippen LogP contribution in [0.2, 0.25) is 0 Å². The Kier molecular flexibility index (Phi) is 5.54. The summed E-state index contributed by atoms with van der Waals surface area (Å²) in [5.41, 5.74) is 3.09. The highest BCUT2D eigenvalue weighted by atomic mass is 16.4. The number of nitrogens with zero attached hydrogens (tertiary/aromatic N) is 1. The van der Waals surface area contributed by atoms with E-state index in [2.05, 4.69) is 5.32 Å². The van der Waals surface area contributed by atoms with Crippen LogP contribution in [0.15, 0.2) is 48.5 Å². The van der Waals surface area contributed by atoms with Crippen LogP contribution in [0.4, 0.5) is 0 Å². The molecule has 1 aliphatic heterocycles. The van der Waals surface area contributed by atoms with Gasteiger partial charge in [0, 0.05) is 20.0 Å². The summed E-state index contributed by atoms with van der Waals surface area (Å²) in [5, 5.41) is 11.9. The summed E-state index contributed by atoms with van der Waals surface area (Å²) in [6.45, 7) is 2.37. The number of hydrogen-bond donors (Lipinski definition) is 2. The number of aromatic carboxylic acids is 1. The molecule has 0 saturated carbocycles. The molecule has 2 N–H and O–H groups in total. The second kappa shape index (κ2) is 8.03. The van der Waals surface area contributed by atoms with Gasteiger partial charge in [0.1, 0.15) is 0 Å². The lowest BCUT2D eigenvalue weighted by molar-refractivity contribution is -0.133. The predicted molar refractivity (Wildman–Crippen MR) is 100 cm³/mol. The highest BCUT2D eigenvalue weighted by Crippen LogP contribution is 2.32. The maximum atomic E-state index is 12.5. The van der Waals surface area contributed by atoms with Gasteiger partial charge in [-0.15, -0.1) is 0 Å². The average molecular weight is 366 g/mol. The summed E-state index contributed by atoms with van der Waals surface area (Å²) in [7, 11) is 0. The van der Waals surface area contributed by atoms with Gasteiger partial charge in [0.05, 0.1) is 18.0 Å². The molecule has 1 atom stereocenters. The highest BCUT2D eigenvalue weighted by molar-refractivity contribution is 5.87. The van der Waals surface area contributed by atoms with Gasteiger partial charge in [-0.3, -0.25) is 9.59 Å². The van der Waals surface area contributed by atoms with Crippen LogP contribution >= 0.6 is 0 Å². The van der Waals surface area contributed by atoms with Crippen LogP contribution in [0.25, 0.3) is 0 Å². The molecule has 0 saturated heterocycles. The first-order chi connectivity index (χ1) is 13.0. The highest BCUT2D eigenvalue weighted by Gasteiger charge is 2.30. The Balaban J connectivity index is 1.69. The standard InChI is InChI=1S/C21H22N2O4/c1-14(24)23-10-9-16-6-2-3-8-18(16)19(23)12-20(25)22-13-15-5-4-7-17(11-15)21(26)27/h2-8,11,19H,9-10,12-13H2,1H3,(H,22,25)(H,26,27)/t19-/m1/s1. The van der Waals surface area contributed by atoms with Crippen molar-refractivity contribution in [2.75, 3.05) is 6.54 Å². The number of rotatable bonds is 5. The Labute approximate surface area is 157 Å². The molecule has 2 amide bonds. The van der Waals surface area contributed by atoms with Crippen molar-refractivity contribution in [3.63, 3.8) is 0 Å². The number of carbonyl (C=O) groups excluding carboxylic acids is 2. The molecule has 2 aromatic rings. The second-order valence-electron chi connectivity index (χ2n) is 6.66. The minimum Gasteiger partial charge on any atom is -0.478 e. The molecule has 1 heterocycles. The van der Waals surface area contributed by atoms with E-state index in [0.29, 0.717) is 6.54 Å². The molecule has 0 fully saturated rings. The quantitative estimate of drug-likeness (QED) is 0.851. The zero-order valence-electron chi connectivity index (χ0n) is 15.1. The number of amides is 2. The van der Waals surface area contributed by atoms with Gasteiger partial charge in [0.25, 0.3) is 0 Å². The van der Waals surface area contributed by atoms with E-state index in [-0.39, 0.29) is 36.4 Å². The van der Waals surface area contributed by atoms with Crippen LogP contribution in [0, 0.1) is 0 Å². The summed E-state index contributed by atoms with van der Waals surface area (Å²) in [5.74, 6) is -1.22. The molecular formula is C21H22N2O4. The number of hydrogen-bond acceptors (Lipinski definition) is 3. The van der Waals surface area contributed by atoms with Crippen LogP contribution < -0.4 is 5.32 Å². The number of carboxylic acid groups (broad SMARTS) is 1. The lowest BCUT2D eigenvalue weighted by atomic mass is 9.90. The van der Waals surface area contributed by atoms with Gasteiger partial charge in [-0.25, -0.2) is 4.79 Å². The fraction of sp³-hybridized carbons (Fsp3) is 0.286. The third-order valence-electron chi connectivity index (χ3n) is 4.86. The van der Waals surface area contributed by atoms with Crippen molar-refractivity contribution in [3.05, 3.63) is 70.8 Å². The van der Waals surface area contributed by atoms with Crippen molar-refractivity contribution < 1.29 is 19.5 Å². The minimum atomic E-state index is -1.00. The maximum absolute atomic E-state index is 12.5. The molecule has 1 aliphatic rings. The van der Waals surface area contributed by atoms with Gasteiger partial charge < -0.3 is 15.3 Å². The van der Waals surface area contributed by atoms with E-state index in [4.69, 9.17) is 5.11 Å². The number of fused-ring (bicyclic) bond motifs is 1. The fourth-order valence-corrected chi connectivity index (χ4v) is 3.51. The van der Waals surface area contributed by atoms with E-state index in [0.717, 1.165) is 17.5 Å². The van der Waals surface area contributed by atoms with Crippen LogP contribution in [-0.4, -0.2) is 34.3 Å². The molecule has 140 valence electrons. The Morgan fingerprint density at radius 3 is 2.67 bits per heavy atom. The average Bonchev–Trinajstić information content (AvgIpc) is 2.66. The zero-order valence-corrected chi connectivity index (χ0v) is 15.1. The molecule has 0 radical (unpaired) electrons. The number of carbonyl (C=O) groups is 3. The first-order valence-corrected chi connectivity index (χ1v) is 8.89. The van der Waals surface area contributed by atoms with E-state index in [1.165, 1.54) is 18.6 Å². The van der Waals surface area contributed by atoms with Gasteiger partial charge in [-0.05, 0) is 35.2 Å². The second-order valence-corrected chi connectivity index (χ2v) is 6.66. The van der Waals surface area contributed by atoms with Gasteiger partial charge in [-0.1, -0.05) is 36.4 Å². The van der Waals surface area contributed by atoms with Crippen molar-refractivity contribution >= 4 is 17.8 Å². The summed E-state index contributed by atoms with van der Waals surface area (Å²) in [6, 6.07) is 14.1. The Morgan fingerprint density at radius 1 is 1.15 bits per heavy atom. The van der Waals surface area contributed by atoms with Crippen molar-refractivity contribution in [1.82, 2.24) is 10.2 Å². The van der Waals surface area contributed by atoms with E-state index < -0.39 is 5.97 Å². The fourth-order valence-electron chi connectivity index (χ4n) is 3.51. The first kappa shape index (κ1) is 18.6. The third kappa shape index (κ3) is 4.34. The molecule has 3 rings (SSSR count). The molecule has 0 unspecified atom stereocenters. The Hall–Kier alpha value is -3.15. The topological polar surface area (TPSA) is 86.7 Å². The van der Waals surface area contributed by atoms with Crippen LogP contribution in [0.5, 0.6) is 0 Å². The molecule has 6 nitrogen and oxygen atoms in total. The SMILES string of the molecule is CC(=O)N1CCc2ccccc2[C@H]1CC(=O)NCc1cccc(C(=O)O)c1. The summed E-state index contributed by atoms with van der Waals surface area (Å²) in [4.78, 5) is 37.3. The summed E-state index contributed by atoms with van der Waals surface area (Å²) in [6.07, 6.45) is 0.963. The first-order valence-electron chi connectivity index (χ1n) is 8.89. The number of carboxylic acids is 1. The van der Waals surface area contributed by atoms with Crippen molar-refractivity contribution in [1.29, 1.82) is 0 Å². The molecule has 0 spiro atoms. The third-order valence-corrected chi connectivity index (χ3v) is 4.86. The molecule has 6 heteroatoms. The van der Waals surface area contributed by atoms with Gasteiger partial charge in [0.15, 0.2) is 0 Å². The monoisotopic (exact) mass is 366 g/mol.